The van der Waals surface area contributed by atoms with Gasteiger partial charge >= 0.3 is 6.18 Å². The molecule has 0 bridgehead atoms. The summed E-state index contributed by atoms with van der Waals surface area (Å²) >= 11 is 0. The molecule has 24 heavy (non-hydrogen) atoms. The third kappa shape index (κ3) is 6.19. The Morgan fingerprint density at radius 2 is 1.92 bits per heavy atom. The predicted octanol–water partition coefficient (Wildman–Crippen LogP) is 2.62. The van der Waals surface area contributed by atoms with E-state index in [1.165, 1.54) is 23.1 Å². The summed E-state index contributed by atoms with van der Waals surface area (Å²) < 4.78 is 38.7. The summed E-state index contributed by atoms with van der Waals surface area (Å²) in [6, 6.07) is 4.57. The van der Waals surface area contributed by atoms with Gasteiger partial charge in [-0.1, -0.05) is 12.1 Å². The Balaban J connectivity index is 2.73. The SMILES string of the molecule is CCN(CC(=O)Nc1ccccc1C(F)(F)F)C(=O)CCC(C)N. The van der Waals surface area contributed by atoms with Crippen molar-refractivity contribution < 1.29 is 22.8 Å². The van der Waals surface area contributed by atoms with Gasteiger partial charge in [0, 0.05) is 19.0 Å². The van der Waals surface area contributed by atoms with E-state index in [-0.39, 0.29) is 37.1 Å². The number of nitrogens with one attached hydrogen (secondary N) is 1. The van der Waals surface area contributed by atoms with Crippen molar-refractivity contribution in [2.24, 2.45) is 5.73 Å². The number of carbonyl (C=O) groups excluding carboxylic acids is 2. The first kappa shape index (κ1) is 20.0. The molecule has 5 nitrogen and oxygen atoms in total. The van der Waals surface area contributed by atoms with Gasteiger partial charge in [0.25, 0.3) is 0 Å². The number of alkyl halides is 3. The lowest BCUT2D eigenvalue weighted by Crippen LogP contribution is -2.38. The molecule has 0 aliphatic rings. The highest BCUT2D eigenvalue weighted by molar-refractivity contribution is 5.95. The second kappa shape index (κ2) is 8.68. The number of benzene rings is 1. The molecule has 0 aliphatic heterocycles. The highest BCUT2D eigenvalue weighted by atomic mass is 19.4. The predicted molar refractivity (Wildman–Crippen MR) is 85.2 cm³/mol. The van der Waals surface area contributed by atoms with Gasteiger partial charge < -0.3 is 16.0 Å². The number of hydrogen-bond donors (Lipinski definition) is 2. The smallest absolute Gasteiger partial charge is 0.334 e. The number of halogens is 3. The molecule has 0 aromatic heterocycles. The van der Waals surface area contributed by atoms with Crippen LogP contribution >= 0.6 is 0 Å². The van der Waals surface area contributed by atoms with Gasteiger partial charge in [-0.2, -0.15) is 13.2 Å². The molecule has 0 saturated heterocycles. The van der Waals surface area contributed by atoms with E-state index in [1.807, 2.05) is 0 Å². The lowest BCUT2D eigenvalue weighted by Gasteiger charge is -2.21. The Labute approximate surface area is 139 Å². The topological polar surface area (TPSA) is 75.4 Å². The van der Waals surface area contributed by atoms with Crippen LogP contribution in [0, 0.1) is 0 Å². The molecule has 0 fully saturated rings. The van der Waals surface area contributed by atoms with Gasteiger partial charge in [-0.25, -0.2) is 0 Å². The van der Waals surface area contributed by atoms with Crippen LogP contribution in [0.1, 0.15) is 32.3 Å². The van der Waals surface area contributed by atoms with Gasteiger partial charge in [0.2, 0.25) is 11.8 Å². The van der Waals surface area contributed by atoms with Crippen molar-refractivity contribution in [2.75, 3.05) is 18.4 Å². The molecule has 134 valence electrons. The zero-order chi connectivity index (χ0) is 18.3. The second-order valence-corrected chi connectivity index (χ2v) is 5.52. The molecule has 1 unspecified atom stereocenters. The summed E-state index contributed by atoms with van der Waals surface area (Å²) in [5, 5.41) is 2.22. The largest absolute Gasteiger partial charge is 0.418 e. The van der Waals surface area contributed by atoms with Crippen molar-refractivity contribution in [3.8, 4) is 0 Å². The van der Waals surface area contributed by atoms with Crippen molar-refractivity contribution >= 4 is 17.5 Å². The number of rotatable bonds is 7. The summed E-state index contributed by atoms with van der Waals surface area (Å²) in [6.45, 7) is 3.44. The molecular weight excluding hydrogens is 323 g/mol. The molecule has 2 amide bonds. The average Bonchev–Trinajstić information content (AvgIpc) is 2.49. The van der Waals surface area contributed by atoms with Gasteiger partial charge in [-0.05, 0) is 32.4 Å². The van der Waals surface area contributed by atoms with E-state index in [0.29, 0.717) is 6.42 Å². The number of nitrogens with zero attached hydrogens (tertiary/aromatic N) is 1. The maximum Gasteiger partial charge on any atom is 0.418 e. The monoisotopic (exact) mass is 345 g/mol. The van der Waals surface area contributed by atoms with Crippen molar-refractivity contribution in [1.29, 1.82) is 0 Å². The standard InChI is InChI=1S/C16H22F3N3O2/c1-3-22(15(24)9-8-11(2)20)10-14(23)21-13-7-5-4-6-12(13)16(17,18)19/h4-7,11H,3,8-10,20H2,1-2H3,(H,21,23). The number of hydrogen-bond acceptors (Lipinski definition) is 3. The maximum atomic E-state index is 12.9. The molecule has 8 heteroatoms. The normalized spacial score (nSPS) is 12.6. The molecule has 0 heterocycles. The first-order chi connectivity index (χ1) is 11.1. The van der Waals surface area contributed by atoms with Gasteiger partial charge in [-0.3, -0.25) is 9.59 Å². The Kier molecular flexibility index (Phi) is 7.21. The molecule has 0 radical (unpaired) electrons. The molecule has 1 atom stereocenters. The van der Waals surface area contributed by atoms with E-state index < -0.39 is 17.6 Å². The van der Waals surface area contributed by atoms with Crippen LogP contribution in [-0.4, -0.2) is 35.8 Å². The first-order valence-electron chi connectivity index (χ1n) is 7.64. The molecule has 0 spiro atoms. The zero-order valence-corrected chi connectivity index (χ0v) is 13.7. The Hall–Kier alpha value is -2.09. The van der Waals surface area contributed by atoms with Crippen LogP contribution < -0.4 is 11.1 Å². The third-order valence-electron chi connectivity index (χ3n) is 3.39. The minimum Gasteiger partial charge on any atom is -0.334 e. The minimum atomic E-state index is -4.57. The van der Waals surface area contributed by atoms with Crippen LogP contribution in [0.2, 0.25) is 0 Å². The van der Waals surface area contributed by atoms with Crippen molar-refractivity contribution in [3.05, 3.63) is 29.8 Å². The molecule has 1 aromatic carbocycles. The molecular formula is C16H22F3N3O2. The fraction of sp³-hybridized carbons (Fsp3) is 0.500. The lowest BCUT2D eigenvalue weighted by atomic mass is 10.1. The van der Waals surface area contributed by atoms with Crippen LogP contribution in [0.25, 0.3) is 0 Å². The van der Waals surface area contributed by atoms with Crippen molar-refractivity contribution in [3.63, 3.8) is 0 Å². The first-order valence-corrected chi connectivity index (χ1v) is 7.64. The van der Waals surface area contributed by atoms with Crippen LogP contribution in [0.15, 0.2) is 24.3 Å². The summed E-state index contributed by atoms with van der Waals surface area (Å²) in [5.74, 6) is -0.934. The molecule has 1 rings (SSSR count). The zero-order valence-electron chi connectivity index (χ0n) is 13.7. The summed E-state index contributed by atoms with van der Waals surface area (Å²) in [7, 11) is 0. The minimum absolute atomic E-state index is 0.139. The Morgan fingerprint density at radius 1 is 1.29 bits per heavy atom. The number of anilines is 1. The van der Waals surface area contributed by atoms with E-state index in [2.05, 4.69) is 5.32 Å². The van der Waals surface area contributed by atoms with E-state index in [4.69, 9.17) is 5.73 Å². The lowest BCUT2D eigenvalue weighted by molar-refractivity contribution is -0.137. The van der Waals surface area contributed by atoms with Crippen LogP contribution in [0.4, 0.5) is 18.9 Å². The van der Waals surface area contributed by atoms with E-state index in [0.717, 1.165) is 6.07 Å². The molecule has 0 aliphatic carbocycles. The molecule has 1 aromatic rings. The number of amides is 2. The highest BCUT2D eigenvalue weighted by Crippen LogP contribution is 2.34. The summed E-state index contributed by atoms with van der Waals surface area (Å²) in [5.41, 5.74) is 4.34. The Bertz CT molecular complexity index is 574. The maximum absolute atomic E-state index is 12.9. The fourth-order valence-corrected chi connectivity index (χ4v) is 2.09. The van der Waals surface area contributed by atoms with Gasteiger partial charge in [0.15, 0.2) is 0 Å². The van der Waals surface area contributed by atoms with Crippen molar-refractivity contribution in [1.82, 2.24) is 4.90 Å². The second-order valence-electron chi connectivity index (χ2n) is 5.52. The van der Waals surface area contributed by atoms with E-state index >= 15 is 0 Å². The molecule has 3 N–H and O–H groups in total. The number of nitrogens with two attached hydrogens (primary N) is 1. The van der Waals surface area contributed by atoms with Crippen LogP contribution in [0.5, 0.6) is 0 Å². The van der Waals surface area contributed by atoms with Gasteiger partial charge in [-0.15, -0.1) is 0 Å². The fourth-order valence-electron chi connectivity index (χ4n) is 2.09. The van der Waals surface area contributed by atoms with E-state index in [1.54, 1.807) is 13.8 Å². The third-order valence-corrected chi connectivity index (χ3v) is 3.39. The van der Waals surface area contributed by atoms with Gasteiger partial charge in [0.05, 0.1) is 17.8 Å². The summed E-state index contributed by atoms with van der Waals surface area (Å²) in [6.07, 6.45) is -3.90. The number of carbonyl (C=O) groups is 2. The highest BCUT2D eigenvalue weighted by Gasteiger charge is 2.33. The van der Waals surface area contributed by atoms with Gasteiger partial charge in [0.1, 0.15) is 0 Å². The quantitative estimate of drug-likeness (QED) is 0.798. The number of para-hydroxylation sites is 1. The molecule has 0 saturated carbocycles. The van der Waals surface area contributed by atoms with Crippen LogP contribution in [-0.2, 0) is 15.8 Å². The van der Waals surface area contributed by atoms with E-state index in [9.17, 15) is 22.8 Å². The average molecular weight is 345 g/mol. The Morgan fingerprint density at radius 3 is 2.46 bits per heavy atom. The summed E-state index contributed by atoms with van der Waals surface area (Å²) in [4.78, 5) is 25.3. The van der Waals surface area contributed by atoms with Crippen LogP contribution in [0.3, 0.4) is 0 Å². The number of likely N-dealkylation sites (N-methyl/N-ethyl adjacent to an activating group) is 1. The van der Waals surface area contributed by atoms with Crippen molar-refractivity contribution in [2.45, 2.75) is 38.9 Å².